The fourth-order valence-corrected chi connectivity index (χ4v) is 3.41. The van der Waals surface area contributed by atoms with Crippen LogP contribution in [0.5, 0.6) is 23.0 Å². The van der Waals surface area contributed by atoms with E-state index >= 15 is 0 Å². The zero-order valence-corrected chi connectivity index (χ0v) is 16.4. The van der Waals surface area contributed by atoms with Gasteiger partial charge in [-0.15, -0.1) is 0 Å². The molecule has 0 fully saturated rings. The molecule has 0 amide bonds. The van der Waals surface area contributed by atoms with E-state index in [0.717, 1.165) is 0 Å². The molecule has 0 saturated heterocycles. The Kier molecular flexibility index (Phi) is 4.55. The summed E-state index contributed by atoms with van der Waals surface area (Å²) in [4.78, 5) is 25.5. The van der Waals surface area contributed by atoms with Gasteiger partial charge in [0.15, 0.2) is 11.5 Å². The lowest BCUT2D eigenvalue weighted by molar-refractivity contribution is 0.0734. The molecule has 0 radical (unpaired) electrons. The molecule has 0 unspecified atom stereocenters. The van der Waals surface area contributed by atoms with Crippen LogP contribution in [0.3, 0.4) is 0 Å². The summed E-state index contributed by atoms with van der Waals surface area (Å²) in [6.07, 6.45) is 1.38. The lowest BCUT2D eigenvalue weighted by Gasteiger charge is -2.09. The van der Waals surface area contributed by atoms with Crippen molar-refractivity contribution in [3.8, 4) is 34.1 Å². The molecule has 1 aromatic heterocycles. The van der Waals surface area contributed by atoms with Crippen molar-refractivity contribution in [2.24, 2.45) is 0 Å². The van der Waals surface area contributed by atoms with Gasteiger partial charge in [0.25, 0.3) is 0 Å². The quantitative estimate of drug-likeness (QED) is 0.360. The first-order valence-electron chi connectivity index (χ1n) is 9.45. The van der Waals surface area contributed by atoms with Crippen molar-refractivity contribution in [3.63, 3.8) is 0 Å². The summed E-state index contributed by atoms with van der Waals surface area (Å²) in [6, 6.07) is 16.6. The van der Waals surface area contributed by atoms with Gasteiger partial charge < -0.3 is 23.4 Å². The number of rotatable bonds is 4. The van der Waals surface area contributed by atoms with E-state index in [1.807, 2.05) is 12.1 Å². The van der Waals surface area contributed by atoms with E-state index in [2.05, 4.69) is 0 Å². The normalized spacial score (nSPS) is 12.0. The second-order valence-electron chi connectivity index (χ2n) is 6.79. The molecule has 31 heavy (non-hydrogen) atoms. The average molecular weight is 416 g/mol. The van der Waals surface area contributed by atoms with Crippen molar-refractivity contribution >= 4 is 16.9 Å². The summed E-state index contributed by atoms with van der Waals surface area (Å²) in [5.41, 5.74) is 1.44. The Hall–Kier alpha value is -4.26. The molecule has 0 atom stereocenters. The summed E-state index contributed by atoms with van der Waals surface area (Å²) < 4.78 is 27.0. The minimum Gasteiger partial charge on any atom is -0.496 e. The van der Waals surface area contributed by atoms with Gasteiger partial charge in [0.1, 0.15) is 23.3 Å². The molecule has 7 nitrogen and oxygen atoms in total. The van der Waals surface area contributed by atoms with Crippen molar-refractivity contribution in [2.75, 3.05) is 13.9 Å². The van der Waals surface area contributed by atoms with E-state index in [1.54, 1.807) is 49.6 Å². The van der Waals surface area contributed by atoms with Crippen LogP contribution < -0.4 is 24.4 Å². The number of carbonyl (C=O) groups excluding carboxylic acids is 1. The molecule has 154 valence electrons. The Morgan fingerprint density at radius 2 is 1.77 bits per heavy atom. The summed E-state index contributed by atoms with van der Waals surface area (Å²) in [6.45, 7) is 0.119. The Labute approximate surface area is 176 Å². The van der Waals surface area contributed by atoms with E-state index in [0.29, 0.717) is 44.9 Å². The molecule has 7 heteroatoms. The first-order chi connectivity index (χ1) is 15.1. The molecule has 1 aliphatic heterocycles. The zero-order chi connectivity index (χ0) is 21.4. The van der Waals surface area contributed by atoms with Crippen LogP contribution >= 0.6 is 0 Å². The molecule has 0 aliphatic carbocycles. The fourth-order valence-electron chi connectivity index (χ4n) is 3.41. The number of hydrogen-bond donors (Lipinski definition) is 0. The molecule has 0 saturated carbocycles. The molecular formula is C24H16O7. The minimum atomic E-state index is -0.564. The molecule has 5 rings (SSSR count). The largest absolute Gasteiger partial charge is 0.496 e. The summed E-state index contributed by atoms with van der Waals surface area (Å²) in [5.74, 6) is 1.33. The highest BCUT2D eigenvalue weighted by Crippen LogP contribution is 2.33. The van der Waals surface area contributed by atoms with Crippen LogP contribution in [0.1, 0.15) is 10.4 Å². The third-order valence-corrected chi connectivity index (χ3v) is 4.96. The Morgan fingerprint density at radius 3 is 2.65 bits per heavy atom. The number of hydrogen-bond acceptors (Lipinski definition) is 7. The second-order valence-corrected chi connectivity index (χ2v) is 6.79. The zero-order valence-electron chi connectivity index (χ0n) is 16.4. The van der Waals surface area contributed by atoms with Crippen LogP contribution in [0.15, 0.2) is 76.1 Å². The third-order valence-electron chi connectivity index (χ3n) is 4.96. The van der Waals surface area contributed by atoms with Crippen molar-refractivity contribution in [1.82, 2.24) is 0 Å². The lowest BCUT2D eigenvalue weighted by Crippen LogP contribution is -2.09. The predicted octanol–water partition coefficient (Wildman–Crippen LogP) is 4.42. The molecule has 0 bridgehead atoms. The van der Waals surface area contributed by atoms with Gasteiger partial charge in [-0.3, -0.25) is 4.79 Å². The van der Waals surface area contributed by atoms with E-state index in [1.165, 1.54) is 12.3 Å². The maximum absolute atomic E-state index is 13.0. The molecule has 1 aliphatic rings. The number of methoxy groups -OCH3 is 1. The van der Waals surface area contributed by atoms with Gasteiger partial charge in [-0.2, -0.15) is 0 Å². The second kappa shape index (κ2) is 7.53. The highest BCUT2D eigenvalue weighted by atomic mass is 16.7. The van der Waals surface area contributed by atoms with Gasteiger partial charge >= 0.3 is 5.97 Å². The first-order valence-corrected chi connectivity index (χ1v) is 9.45. The van der Waals surface area contributed by atoms with Crippen LogP contribution in [-0.4, -0.2) is 19.9 Å². The van der Waals surface area contributed by atoms with Crippen LogP contribution in [0.4, 0.5) is 0 Å². The minimum absolute atomic E-state index is 0.119. The van der Waals surface area contributed by atoms with Crippen molar-refractivity contribution < 1.29 is 28.2 Å². The van der Waals surface area contributed by atoms with E-state index in [4.69, 9.17) is 23.4 Å². The summed E-state index contributed by atoms with van der Waals surface area (Å²) in [5, 5.41) is 0.367. The topological polar surface area (TPSA) is 84.2 Å². The standard InChI is InChI=1S/C24H16O7/c1-27-19-5-3-2-4-16(19)18-12-28-21-11-15(7-8-17(21)23(18)25)31-24(26)14-6-9-20-22(10-14)30-13-29-20/h2-12H,13H2,1H3. The smallest absolute Gasteiger partial charge is 0.343 e. The van der Waals surface area contributed by atoms with Gasteiger partial charge in [0.05, 0.1) is 23.6 Å². The average Bonchev–Trinajstić information content (AvgIpc) is 3.27. The summed E-state index contributed by atoms with van der Waals surface area (Å²) >= 11 is 0. The van der Waals surface area contributed by atoms with Gasteiger partial charge in [0.2, 0.25) is 12.2 Å². The third kappa shape index (κ3) is 3.36. The van der Waals surface area contributed by atoms with Gasteiger partial charge in [-0.1, -0.05) is 18.2 Å². The Balaban J connectivity index is 1.46. The first kappa shape index (κ1) is 18.7. The number of fused-ring (bicyclic) bond motifs is 2. The van der Waals surface area contributed by atoms with Gasteiger partial charge in [-0.05, 0) is 36.4 Å². The molecular weight excluding hydrogens is 400 g/mol. The molecule has 0 N–H and O–H groups in total. The summed E-state index contributed by atoms with van der Waals surface area (Å²) in [7, 11) is 1.54. The molecule has 3 aromatic carbocycles. The molecule has 2 heterocycles. The van der Waals surface area contributed by atoms with E-state index < -0.39 is 5.97 Å². The molecule has 4 aromatic rings. The maximum Gasteiger partial charge on any atom is 0.343 e. The number of carbonyl (C=O) groups is 1. The SMILES string of the molecule is COc1ccccc1-c1coc2cc(OC(=O)c3ccc4c(c3)OCO4)ccc2c1=O. The van der Waals surface area contributed by atoms with Crippen LogP contribution in [0.25, 0.3) is 22.1 Å². The highest BCUT2D eigenvalue weighted by molar-refractivity contribution is 5.92. The van der Waals surface area contributed by atoms with E-state index in [-0.39, 0.29) is 18.0 Å². The van der Waals surface area contributed by atoms with Crippen LogP contribution in [0.2, 0.25) is 0 Å². The number of para-hydroxylation sites is 1. The fraction of sp³-hybridized carbons (Fsp3) is 0.0833. The Bertz CT molecular complexity index is 1370. The van der Waals surface area contributed by atoms with Crippen molar-refractivity contribution in [3.05, 3.63) is 82.7 Å². The van der Waals surface area contributed by atoms with Gasteiger partial charge in [0, 0.05) is 11.6 Å². The maximum atomic E-state index is 13.0. The van der Waals surface area contributed by atoms with Crippen LogP contribution in [0, 0.1) is 0 Å². The van der Waals surface area contributed by atoms with Gasteiger partial charge in [-0.25, -0.2) is 4.79 Å². The van der Waals surface area contributed by atoms with Crippen molar-refractivity contribution in [1.29, 1.82) is 0 Å². The predicted molar refractivity (Wildman–Crippen MR) is 112 cm³/mol. The van der Waals surface area contributed by atoms with Crippen molar-refractivity contribution in [2.45, 2.75) is 0 Å². The van der Waals surface area contributed by atoms with Crippen LogP contribution in [-0.2, 0) is 0 Å². The van der Waals surface area contributed by atoms with E-state index in [9.17, 15) is 9.59 Å². The number of ether oxygens (including phenoxy) is 4. The highest BCUT2D eigenvalue weighted by Gasteiger charge is 2.18. The lowest BCUT2D eigenvalue weighted by atomic mass is 10.0. The number of benzene rings is 3. The number of esters is 1. The Morgan fingerprint density at radius 1 is 0.935 bits per heavy atom. The monoisotopic (exact) mass is 416 g/mol. The molecule has 0 spiro atoms.